The number of hydrogen-bond acceptors (Lipinski definition) is 5. The van der Waals surface area contributed by atoms with Crippen molar-refractivity contribution in [3.63, 3.8) is 0 Å². The quantitative estimate of drug-likeness (QED) is 0.319. The summed E-state index contributed by atoms with van der Waals surface area (Å²) in [6, 6.07) is 17.6. The van der Waals surface area contributed by atoms with Gasteiger partial charge in [0, 0.05) is 18.1 Å². The van der Waals surface area contributed by atoms with E-state index in [0.717, 1.165) is 27.4 Å². The van der Waals surface area contributed by atoms with Gasteiger partial charge in [0.1, 0.15) is 18.3 Å². The van der Waals surface area contributed by atoms with E-state index in [1.807, 2.05) is 20.8 Å². The van der Waals surface area contributed by atoms with E-state index in [1.54, 1.807) is 61.5 Å². The molecule has 214 valence electrons. The van der Waals surface area contributed by atoms with Crippen LogP contribution in [0, 0.1) is 13.8 Å². The number of nitrogens with zero attached hydrogens (tertiary/aromatic N) is 2. The molecule has 0 aliphatic heterocycles. The molecule has 0 radical (unpaired) electrons. The largest absolute Gasteiger partial charge is 0.495 e. The summed E-state index contributed by atoms with van der Waals surface area (Å²) in [4.78, 5) is 28.4. The molecule has 0 fully saturated rings. The van der Waals surface area contributed by atoms with Gasteiger partial charge in [0.15, 0.2) is 0 Å². The molecule has 0 aliphatic rings. The number of rotatable bonds is 12. The van der Waals surface area contributed by atoms with E-state index in [9.17, 15) is 18.0 Å². The molecule has 0 bridgehead atoms. The molecule has 3 aromatic carbocycles. The fraction of sp³-hybridized carbons (Fsp3) is 0.333. The first-order valence-electron chi connectivity index (χ1n) is 13.0. The Labute approximate surface area is 241 Å². The summed E-state index contributed by atoms with van der Waals surface area (Å²) in [5.41, 5.74) is 2.66. The highest BCUT2D eigenvalue weighted by molar-refractivity contribution is 7.92. The van der Waals surface area contributed by atoms with Gasteiger partial charge < -0.3 is 15.0 Å². The van der Waals surface area contributed by atoms with Crippen molar-refractivity contribution in [1.29, 1.82) is 0 Å². The first-order valence-corrected chi connectivity index (χ1v) is 14.9. The fourth-order valence-electron chi connectivity index (χ4n) is 4.11. The number of halogens is 1. The number of amides is 2. The maximum atomic E-state index is 14.0. The van der Waals surface area contributed by atoms with E-state index in [1.165, 1.54) is 24.1 Å². The third kappa shape index (κ3) is 7.55. The second kappa shape index (κ2) is 13.7. The number of methoxy groups -OCH3 is 1. The van der Waals surface area contributed by atoms with Gasteiger partial charge >= 0.3 is 0 Å². The average molecular weight is 586 g/mol. The number of sulfonamides is 1. The molecule has 0 heterocycles. The van der Waals surface area contributed by atoms with E-state index >= 15 is 0 Å². The van der Waals surface area contributed by atoms with E-state index in [-0.39, 0.29) is 23.0 Å². The molecule has 10 heteroatoms. The molecule has 0 unspecified atom stereocenters. The summed E-state index contributed by atoms with van der Waals surface area (Å²) >= 11 is 6.05. The van der Waals surface area contributed by atoms with Gasteiger partial charge in [0.25, 0.3) is 10.0 Å². The third-order valence-corrected chi connectivity index (χ3v) is 8.50. The predicted octanol–water partition coefficient (Wildman–Crippen LogP) is 5.10. The maximum absolute atomic E-state index is 14.0. The number of aryl methyl sites for hydroxylation is 2. The lowest BCUT2D eigenvalue weighted by atomic mass is 10.1. The maximum Gasteiger partial charge on any atom is 0.264 e. The summed E-state index contributed by atoms with van der Waals surface area (Å²) < 4.78 is 34.6. The molecular formula is C30H36ClN3O5S. The van der Waals surface area contributed by atoms with Gasteiger partial charge in [-0.1, -0.05) is 54.4 Å². The standard InChI is InChI=1S/C30H36ClN3O5S/c1-6-17-32-30(36)23(4)33(19-24-10-12-25(31)13-11-24)29(35)20-34(27-18-22(3)9-16-28(27)39-5)40(37,38)26-14-7-21(2)8-15-26/h7-16,18,23H,6,17,19-20H2,1-5H3,(H,32,36)/t23-/m1/s1. The fourth-order valence-corrected chi connectivity index (χ4v) is 5.65. The summed E-state index contributed by atoms with van der Waals surface area (Å²) in [5, 5.41) is 3.37. The first-order chi connectivity index (χ1) is 19.0. The molecule has 0 saturated carbocycles. The number of ether oxygens (including phenoxy) is 1. The van der Waals surface area contributed by atoms with Crippen molar-refractivity contribution < 1.29 is 22.7 Å². The van der Waals surface area contributed by atoms with Crippen LogP contribution in [0.2, 0.25) is 5.02 Å². The molecule has 8 nitrogen and oxygen atoms in total. The number of carbonyl (C=O) groups excluding carboxylic acids is 2. The minimum absolute atomic E-state index is 0.0347. The molecule has 3 rings (SSSR count). The summed E-state index contributed by atoms with van der Waals surface area (Å²) in [6.07, 6.45) is 0.735. The van der Waals surface area contributed by atoms with Crippen LogP contribution in [-0.4, -0.2) is 51.4 Å². The summed E-state index contributed by atoms with van der Waals surface area (Å²) in [6.45, 7) is 7.25. The minimum Gasteiger partial charge on any atom is -0.495 e. The van der Waals surface area contributed by atoms with Gasteiger partial charge in [0.2, 0.25) is 11.8 Å². The molecule has 3 aromatic rings. The van der Waals surface area contributed by atoms with Crippen LogP contribution in [0.3, 0.4) is 0 Å². The van der Waals surface area contributed by atoms with Crippen LogP contribution in [0.4, 0.5) is 5.69 Å². The van der Waals surface area contributed by atoms with Crippen LogP contribution in [0.1, 0.15) is 37.0 Å². The van der Waals surface area contributed by atoms with Crippen molar-refractivity contribution in [2.45, 2.75) is 51.6 Å². The smallest absolute Gasteiger partial charge is 0.264 e. The lowest BCUT2D eigenvalue weighted by Crippen LogP contribution is -2.51. The Morgan fingerprint density at radius 2 is 1.60 bits per heavy atom. The zero-order valence-corrected chi connectivity index (χ0v) is 25.1. The van der Waals surface area contributed by atoms with Crippen LogP contribution < -0.4 is 14.4 Å². The Morgan fingerprint density at radius 3 is 2.20 bits per heavy atom. The first kappa shape index (κ1) is 31.0. The number of benzene rings is 3. The predicted molar refractivity (Wildman–Crippen MR) is 158 cm³/mol. The van der Waals surface area contributed by atoms with Crippen LogP contribution in [0.25, 0.3) is 0 Å². The van der Waals surface area contributed by atoms with Crippen molar-refractivity contribution in [2.24, 2.45) is 0 Å². The summed E-state index contributed by atoms with van der Waals surface area (Å²) in [5.74, 6) is -0.578. The highest BCUT2D eigenvalue weighted by Crippen LogP contribution is 2.34. The van der Waals surface area contributed by atoms with Gasteiger partial charge in [-0.05, 0) is 74.7 Å². The van der Waals surface area contributed by atoms with Gasteiger partial charge in [-0.3, -0.25) is 13.9 Å². The SMILES string of the molecule is CCCNC(=O)[C@@H](C)N(Cc1ccc(Cl)cc1)C(=O)CN(c1cc(C)ccc1OC)S(=O)(=O)c1ccc(C)cc1. The Balaban J connectivity index is 2.08. The van der Waals surface area contributed by atoms with E-state index in [4.69, 9.17) is 16.3 Å². The van der Waals surface area contributed by atoms with Crippen molar-refractivity contribution in [3.8, 4) is 5.75 Å². The van der Waals surface area contributed by atoms with E-state index in [0.29, 0.717) is 17.3 Å². The monoisotopic (exact) mass is 585 g/mol. The highest BCUT2D eigenvalue weighted by atomic mass is 35.5. The second-order valence-electron chi connectivity index (χ2n) is 9.62. The van der Waals surface area contributed by atoms with E-state index in [2.05, 4.69) is 5.32 Å². The Bertz CT molecular complexity index is 1430. The van der Waals surface area contributed by atoms with Crippen molar-refractivity contribution in [3.05, 3.63) is 88.4 Å². The summed E-state index contributed by atoms with van der Waals surface area (Å²) in [7, 11) is -2.76. The zero-order chi connectivity index (χ0) is 29.4. The van der Waals surface area contributed by atoms with Gasteiger partial charge in [-0.15, -0.1) is 0 Å². The second-order valence-corrected chi connectivity index (χ2v) is 11.9. The molecule has 2 amide bonds. The van der Waals surface area contributed by atoms with Crippen LogP contribution in [0.5, 0.6) is 5.75 Å². The molecular weight excluding hydrogens is 550 g/mol. The van der Waals surface area contributed by atoms with E-state index < -0.39 is 28.5 Å². The molecule has 0 spiro atoms. The number of hydrogen-bond donors (Lipinski definition) is 1. The Morgan fingerprint density at radius 1 is 0.975 bits per heavy atom. The minimum atomic E-state index is -4.20. The van der Waals surface area contributed by atoms with Crippen LogP contribution >= 0.6 is 11.6 Å². The van der Waals surface area contributed by atoms with Crippen molar-refractivity contribution >= 4 is 39.1 Å². The normalized spacial score (nSPS) is 11.9. The van der Waals surface area contributed by atoms with Gasteiger partial charge in [0.05, 0.1) is 17.7 Å². The van der Waals surface area contributed by atoms with Crippen LogP contribution in [-0.2, 0) is 26.2 Å². The Kier molecular flexibility index (Phi) is 10.6. The number of carbonyl (C=O) groups is 2. The number of anilines is 1. The zero-order valence-electron chi connectivity index (χ0n) is 23.5. The topological polar surface area (TPSA) is 96.0 Å². The molecule has 40 heavy (non-hydrogen) atoms. The van der Waals surface area contributed by atoms with Crippen molar-refractivity contribution in [2.75, 3.05) is 24.5 Å². The molecule has 0 aromatic heterocycles. The van der Waals surface area contributed by atoms with Gasteiger partial charge in [-0.25, -0.2) is 8.42 Å². The molecule has 1 N–H and O–H groups in total. The van der Waals surface area contributed by atoms with Crippen LogP contribution in [0.15, 0.2) is 71.6 Å². The lowest BCUT2D eigenvalue weighted by molar-refractivity contribution is -0.139. The molecule has 0 aliphatic carbocycles. The van der Waals surface area contributed by atoms with Crippen molar-refractivity contribution in [1.82, 2.24) is 10.2 Å². The molecule has 0 saturated heterocycles. The number of nitrogens with one attached hydrogen (secondary N) is 1. The molecule has 1 atom stereocenters. The lowest BCUT2D eigenvalue weighted by Gasteiger charge is -2.32. The third-order valence-electron chi connectivity index (χ3n) is 6.47. The van der Waals surface area contributed by atoms with Gasteiger partial charge in [-0.2, -0.15) is 0 Å². The average Bonchev–Trinajstić information content (AvgIpc) is 2.93. The highest BCUT2D eigenvalue weighted by Gasteiger charge is 2.33. The Hall–Kier alpha value is -3.56.